The highest BCUT2D eigenvalue weighted by Crippen LogP contribution is 2.32. The molecule has 54 heavy (non-hydrogen) atoms. The molecule has 0 radical (unpaired) electrons. The van der Waals surface area contributed by atoms with Gasteiger partial charge in [0.05, 0.1) is 17.4 Å². The van der Waals surface area contributed by atoms with Crippen molar-refractivity contribution < 1.29 is 64.2 Å². The Kier molecular flexibility index (Phi) is 16.8. The van der Waals surface area contributed by atoms with Gasteiger partial charge in [0, 0.05) is 31.9 Å². The van der Waals surface area contributed by atoms with Crippen molar-refractivity contribution in [3.63, 3.8) is 0 Å². The van der Waals surface area contributed by atoms with Crippen LogP contribution < -0.4 is 21.1 Å². The summed E-state index contributed by atoms with van der Waals surface area (Å²) < 4.78 is 76.9. The van der Waals surface area contributed by atoms with Gasteiger partial charge in [0.25, 0.3) is 12.0 Å². The van der Waals surface area contributed by atoms with Crippen LogP contribution in [0, 0.1) is 5.92 Å². The van der Waals surface area contributed by atoms with E-state index in [0.717, 1.165) is 30.9 Å². The number of carbonyl (C=O) groups excluding carboxylic acids is 2. The number of nitrogen functional groups attached to an aromatic ring is 1. The third kappa shape index (κ3) is 14.2. The van der Waals surface area contributed by atoms with E-state index in [0.29, 0.717) is 39.7 Å². The van der Waals surface area contributed by atoms with Crippen LogP contribution in [-0.4, -0.2) is 119 Å². The second-order valence-electron chi connectivity index (χ2n) is 11.7. The second-order valence-corrected chi connectivity index (χ2v) is 13.6. The lowest BCUT2D eigenvalue weighted by Gasteiger charge is -2.50. The summed E-state index contributed by atoms with van der Waals surface area (Å²) in [5, 5.41) is 21.3. The number of carboxylic acid groups (broad SMARTS) is 1. The molecule has 3 aromatic rings. The van der Waals surface area contributed by atoms with Gasteiger partial charge in [0.15, 0.2) is 5.13 Å². The van der Waals surface area contributed by atoms with E-state index >= 15 is 0 Å². The number of allylic oxidation sites excluding steroid dienone is 1. The third-order valence-corrected chi connectivity index (χ3v) is 8.05. The number of rotatable bonds is 13. The largest absolute Gasteiger partial charge is 0.487 e. The SMILES string of the molecule is C/C(=N\OC(COc1ccc2nc(CC3CNC3)cn2c1)C(=O)O)c1csc(N)n1.C=CC(F)(F)F.CC1(C)C(NC=O)C(=O)N1OS(=O)(=O)O.COC. The maximum Gasteiger partial charge on any atom is 0.418 e. The molecule has 5 rings (SSSR count). The number of nitrogens with one attached hydrogen (secondary N) is 2. The fraction of sp³-hybridized carbons (Fsp3) is 0.467. The highest BCUT2D eigenvalue weighted by atomic mass is 32.3. The van der Waals surface area contributed by atoms with Gasteiger partial charge in [0.1, 0.15) is 35.5 Å². The molecule has 300 valence electrons. The van der Waals surface area contributed by atoms with Crippen molar-refractivity contribution in [1.29, 1.82) is 0 Å². The van der Waals surface area contributed by atoms with Gasteiger partial charge in [-0.15, -0.1) is 15.6 Å². The van der Waals surface area contributed by atoms with Gasteiger partial charge in [-0.1, -0.05) is 11.7 Å². The number of pyridine rings is 1. The van der Waals surface area contributed by atoms with Crippen LogP contribution in [0.4, 0.5) is 18.3 Å². The Morgan fingerprint density at radius 3 is 2.37 bits per heavy atom. The summed E-state index contributed by atoms with van der Waals surface area (Å²) in [7, 11) is -1.49. The lowest BCUT2D eigenvalue weighted by Crippen LogP contribution is -2.75. The summed E-state index contributed by atoms with van der Waals surface area (Å²) in [6.07, 6.45) is -0.518. The topological polar surface area (TPSA) is 259 Å². The van der Waals surface area contributed by atoms with Gasteiger partial charge in [-0.3, -0.25) is 14.1 Å². The Balaban J connectivity index is 0.000000349. The van der Waals surface area contributed by atoms with E-state index in [1.807, 2.05) is 16.7 Å². The summed E-state index contributed by atoms with van der Waals surface area (Å²) >= 11 is 1.27. The number of imidazole rings is 1. The number of methoxy groups -OCH3 is 1. The molecule has 2 saturated heterocycles. The van der Waals surface area contributed by atoms with Crippen LogP contribution in [0.25, 0.3) is 5.65 Å². The molecule has 2 atom stereocenters. The molecule has 0 aromatic carbocycles. The number of β-lactam (4-membered cyclic amide) rings is 1. The number of ether oxygens (including phenoxy) is 2. The van der Waals surface area contributed by atoms with E-state index in [-0.39, 0.29) is 12.7 Å². The average Bonchev–Trinajstić information content (AvgIpc) is 3.69. The molecule has 0 aliphatic carbocycles. The van der Waals surface area contributed by atoms with Crippen molar-refractivity contribution in [3.8, 4) is 5.75 Å². The second kappa shape index (κ2) is 20.0. The summed E-state index contributed by atoms with van der Waals surface area (Å²) in [4.78, 5) is 46.7. The van der Waals surface area contributed by atoms with Crippen LogP contribution in [0.3, 0.4) is 0 Å². The number of amides is 2. The molecular weight excluding hydrogens is 770 g/mol. The van der Waals surface area contributed by atoms with Crippen molar-refractivity contribution in [2.45, 2.75) is 51.1 Å². The number of oxime groups is 1. The monoisotopic (exact) mass is 810 g/mol. The lowest BCUT2D eigenvalue weighted by atomic mass is 9.85. The minimum absolute atomic E-state index is 0.0625. The number of alkyl halides is 3. The highest BCUT2D eigenvalue weighted by Gasteiger charge is 2.57. The number of hydroxylamine groups is 2. The molecule has 19 nitrogen and oxygen atoms in total. The van der Waals surface area contributed by atoms with Crippen LogP contribution in [0.5, 0.6) is 5.75 Å². The Labute approximate surface area is 311 Å². The minimum atomic E-state index is -4.74. The Bertz CT molecular complexity index is 1870. The number of thiazole rings is 1. The van der Waals surface area contributed by atoms with Crippen molar-refractivity contribution in [2.75, 3.05) is 39.6 Å². The zero-order valence-electron chi connectivity index (χ0n) is 29.6. The molecule has 24 heteroatoms. The Morgan fingerprint density at radius 1 is 1.28 bits per heavy atom. The molecule has 6 N–H and O–H groups in total. The van der Waals surface area contributed by atoms with Gasteiger partial charge < -0.3 is 40.2 Å². The number of aromatic nitrogens is 3. The molecule has 0 saturated carbocycles. The summed E-state index contributed by atoms with van der Waals surface area (Å²) in [6.45, 7) is 8.96. The number of nitrogens with two attached hydrogens (primary N) is 1. The predicted molar refractivity (Wildman–Crippen MR) is 188 cm³/mol. The van der Waals surface area contributed by atoms with Gasteiger partial charge >= 0.3 is 22.5 Å². The Hall–Kier alpha value is -4.88. The van der Waals surface area contributed by atoms with Crippen molar-refractivity contribution >= 4 is 56.5 Å². The average molecular weight is 811 g/mol. The molecule has 2 unspecified atom stereocenters. The number of carbonyl (C=O) groups is 3. The normalized spacial score (nSPS) is 17.1. The van der Waals surface area contributed by atoms with E-state index in [9.17, 15) is 41.1 Å². The number of halogens is 3. The number of aliphatic carboxylic acids is 1. The van der Waals surface area contributed by atoms with Crippen molar-refractivity contribution in [1.82, 2.24) is 30.1 Å². The number of anilines is 1. The number of fused-ring (bicyclic) bond motifs is 1. The first-order valence-corrected chi connectivity index (χ1v) is 17.7. The smallest absolute Gasteiger partial charge is 0.418 e. The third-order valence-electron chi connectivity index (χ3n) is 7.04. The molecule has 0 bridgehead atoms. The molecule has 2 aliphatic rings. The van der Waals surface area contributed by atoms with Crippen molar-refractivity contribution in [3.05, 3.63) is 53.9 Å². The van der Waals surface area contributed by atoms with E-state index in [1.54, 1.807) is 38.8 Å². The molecule has 0 spiro atoms. The maximum atomic E-state index is 11.5. The van der Waals surface area contributed by atoms with Gasteiger partial charge in [-0.05, 0) is 58.3 Å². The lowest BCUT2D eigenvalue weighted by molar-refractivity contribution is -0.218. The molecule has 2 fully saturated rings. The fourth-order valence-electron chi connectivity index (χ4n) is 4.28. The molecule has 2 amide bonds. The van der Waals surface area contributed by atoms with E-state index in [2.05, 4.69) is 41.4 Å². The standard InChI is InChI=1S/C19H22N6O4S.C6H10N2O6S.C3H3F3.C2H6O/c1-11(15-10-30-19(20)23-15)24-29-16(18(26)27)9-28-14-2-3-17-22-13(7-25(17)8-14)4-12-5-21-6-12;1-6(2)4(7-3-9)5(10)8(6)14-15(11,12)13;1-2-3(4,5)6;1-3-2/h2-3,7-8,10,12,16,21H,4-6,9H2,1H3,(H2,20,23)(H,26,27);3-4H,1-2H3,(H,7,9)(H,11,12,13);2H,1H2;1-2H3/b24-11+;;;. The van der Waals surface area contributed by atoms with Gasteiger partial charge in [-0.2, -0.15) is 26.7 Å². The quantitative estimate of drug-likeness (QED) is 0.0412. The van der Waals surface area contributed by atoms with Crippen LogP contribution in [-0.2, 0) is 45.1 Å². The van der Waals surface area contributed by atoms with E-state index in [1.165, 1.54) is 25.2 Å². The molecule has 2 aliphatic heterocycles. The highest BCUT2D eigenvalue weighted by molar-refractivity contribution is 7.80. The summed E-state index contributed by atoms with van der Waals surface area (Å²) in [5.41, 5.74) is 7.38. The summed E-state index contributed by atoms with van der Waals surface area (Å²) in [5.74, 6) is -0.780. The number of hydrogen-bond donors (Lipinski definition) is 5. The maximum absolute atomic E-state index is 11.5. The summed E-state index contributed by atoms with van der Waals surface area (Å²) in [6, 6.07) is 2.73. The predicted octanol–water partition coefficient (Wildman–Crippen LogP) is 1.86. The fourth-order valence-corrected chi connectivity index (χ4v) is 5.34. The molecular formula is C30H41F3N8O11S2. The van der Waals surface area contributed by atoms with Crippen molar-refractivity contribution in [2.24, 2.45) is 11.1 Å². The van der Waals surface area contributed by atoms with Crippen LogP contribution in [0.15, 0.2) is 47.7 Å². The zero-order valence-corrected chi connectivity index (χ0v) is 31.3. The number of nitrogens with zero attached hydrogens (tertiary/aromatic N) is 5. The first-order valence-electron chi connectivity index (χ1n) is 15.4. The number of carboxylic acids is 1. The van der Waals surface area contributed by atoms with E-state index in [4.69, 9.17) is 19.9 Å². The van der Waals surface area contributed by atoms with Gasteiger partial charge in [-0.25, -0.2) is 14.8 Å². The van der Waals surface area contributed by atoms with Crippen LogP contribution >= 0.6 is 11.3 Å². The zero-order chi connectivity index (χ0) is 40.9. The first kappa shape index (κ1) is 45.3. The Morgan fingerprint density at radius 2 is 1.91 bits per heavy atom. The van der Waals surface area contributed by atoms with Crippen LogP contribution in [0.1, 0.15) is 32.2 Å². The molecule has 3 aromatic heterocycles. The van der Waals surface area contributed by atoms with Crippen LogP contribution in [0.2, 0.25) is 0 Å². The van der Waals surface area contributed by atoms with Gasteiger partial charge in [0.2, 0.25) is 6.41 Å². The minimum Gasteiger partial charge on any atom is -0.487 e. The molecule has 5 heterocycles. The van der Waals surface area contributed by atoms with E-state index < -0.39 is 46.1 Å². The number of hydrogen-bond acceptors (Lipinski definition) is 15. The first-order chi connectivity index (χ1) is 25.1.